The standard InChI is InChI=1S/C18H22N4O2/c1-11-10-15(19)8-9-22(11)18(23)14-6-4-13(5-7-14)17-20-16(21-24-17)12-2-3-12/h4-7,11-12,15H,2-3,8-10,19H2,1H3/t11-,15+/m0/s1. The first-order valence-electron chi connectivity index (χ1n) is 8.62. The monoisotopic (exact) mass is 326 g/mol. The Morgan fingerprint density at radius 1 is 1.25 bits per heavy atom. The number of hydrogen-bond donors (Lipinski definition) is 1. The van der Waals surface area contributed by atoms with E-state index < -0.39 is 0 Å². The van der Waals surface area contributed by atoms with Gasteiger partial charge in [-0.3, -0.25) is 4.79 Å². The quantitative estimate of drug-likeness (QED) is 0.937. The zero-order valence-electron chi connectivity index (χ0n) is 13.8. The fourth-order valence-corrected chi connectivity index (χ4v) is 3.29. The molecule has 1 aliphatic carbocycles. The number of benzene rings is 1. The summed E-state index contributed by atoms with van der Waals surface area (Å²) in [6, 6.07) is 7.79. The number of piperidine rings is 1. The summed E-state index contributed by atoms with van der Waals surface area (Å²) < 4.78 is 5.33. The average Bonchev–Trinajstić information content (AvgIpc) is 3.32. The van der Waals surface area contributed by atoms with Gasteiger partial charge in [0, 0.05) is 35.7 Å². The largest absolute Gasteiger partial charge is 0.336 e. The van der Waals surface area contributed by atoms with Gasteiger partial charge in [0.1, 0.15) is 0 Å². The van der Waals surface area contributed by atoms with Gasteiger partial charge in [0.15, 0.2) is 5.82 Å². The molecule has 2 heterocycles. The molecule has 6 nitrogen and oxygen atoms in total. The van der Waals surface area contributed by atoms with E-state index in [0.29, 0.717) is 17.4 Å². The number of carbonyl (C=O) groups is 1. The van der Waals surface area contributed by atoms with Crippen LogP contribution in [0.3, 0.4) is 0 Å². The van der Waals surface area contributed by atoms with Crippen LogP contribution in [-0.4, -0.2) is 39.6 Å². The lowest BCUT2D eigenvalue weighted by atomic mass is 9.98. The molecule has 1 saturated heterocycles. The zero-order valence-corrected chi connectivity index (χ0v) is 13.8. The van der Waals surface area contributed by atoms with Gasteiger partial charge in [-0.25, -0.2) is 0 Å². The lowest BCUT2D eigenvalue weighted by Gasteiger charge is -2.36. The molecule has 1 amide bonds. The van der Waals surface area contributed by atoms with Gasteiger partial charge >= 0.3 is 0 Å². The Morgan fingerprint density at radius 3 is 2.67 bits per heavy atom. The highest BCUT2D eigenvalue weighted by atomic mass is 16.5. The number of carbonyl (C=O) groups excluding carboxylic acids is 1. The second-order valence-corrected chi connectivity index (χ2v) is 6.94. The van der Waals surface area contributed by atoms with Crippen LogP contribution in [-0.2, 0) is 0 Å². The van der Waals surface area contributed by atoms with E-state index in [-0.39, 0.29) is 18.0 Å². The van der Waals surface area contributed by atoms with Crippen LogP contribution >= 0.6 is 0 Å². The summed E-state index contributed by atoms with van der Waals surface area (Å²) in [6.45, 7) is 2.78. The van der Waals surface area contributed by atoms with Crippen molar-refractivity contribution >= 4 is 5.91 Å². The Balaban J connectivity index is 1.49. The smallest absolute Gasteiger partial charge is 0.257 e. The molecule has 0 unspecified atom stereocenters. The number of hydrogen-bond acceptors (Lipinski definition) is 5. The summed E-state index contributed by atoms with van der Waals surface area (Å²) in [5.74, 6) is 1.84. The minimum Gasteiger partial charge on any atom is -0.336 e. The van der Waals surface area contributed by atoms with E-state index in [9.17, 15) is 4.79 Å². The van der Waals surface area contributed by atoms with E-state index in [1.807, 2.05) is 29.2 Å². The van der Waals surface area contributed by atoms with Gasteiger partial charge in [0.05, 0.1) is 0 Å². The van der Waals surface area contributed by atoms with E-state index in [2.05, 4.69) is 17.1 Å². The van der Waals surface area contributed by atoms with E-state index in [1.54, 1.807) is 0 Å². The molecule has 0 radical (unpaired) electrons. The first kappa shape index (κ1) is 15.3. The van der Waals surface area contributed by atoms with Crippen molar-refractivity contribution < 1.29 is 9.32 Å². The number of likely N-dealkylation sites (tertiary alicyclic amines) is 1. The van der Waals surface area contributed by atoms with Crippen molar-refractivity contribution in [1.29, 1.82) is 0 Å². The molecule has 0 bridgehead atoms. The number of nitrogens with zero attached hydrogens (tertiary/aromatic N) is 3. The molecule has 6 heteroatoms. The third-order valence-corrected chi connectivity index (χ3v) is 4.94. The van der Waals surface area contributed by atoms with Crippen LogP contribution in [0, 0.1) is 0 Å². The van der Waals surface area contributed by atoms with E-state index >= 15 is 0 Å². The van der Waals surface area contributed by atoms with Crippen LogP contribution in [0.15, 0.2) is 28.8 Å². The third-order valence-electron chi connectivity index (χ3n) is 4.94. The van der Waals surface area contributed by atoms with E-state index in [4.69, 9.17) is 10.3 Å². The van der Waals surface area contributed by atoms with Crippen molar-refractivity contribution in [3.8, 4) is 11.5 Å². The predicted octanol–water partition coefficient (Wildman–Crippen LogP) is 2.57. The molecule has 2 atom stereocenters. The van der Waals surface area contributed by atoms with Crippen LogP contribution in [0.5, 0.6) is 0 Å². The summed E-state index contributed by atoms with van der Waals surface area (Å²) in [6.07, 6.45) is 4.00. The van der Waals surface area contributed by atoms with Crippen molar-refractivity contribution in [3.63, 3.8) is 0 Å². The number of nitrogens with two attached hydrogens (primary N) is 1. The van der Waals surface area contributed by atoms with Crippen LogP contribution in [0.2, 0.25) is 0 Å². The van der Waals surface area contributed by atoms with E-state index in [0.717, 1.165) is 43.6 Å². The topological polar surface area (TPSA) is 85.2 Å². The molecule has 4 rings (SSSR count). The second kappa shape index (κ2) is 6.02. The molecule has 2 N–H and O–H groups in total. The molecule has 1 aromatic heterocycles. The van der Waals surface area contributed by atoms with Crippen molar-refractivity contribution in [2.75, 3.05) is 6.54 Å². The second-order valence-electron chi connectivity index (χ2n) is 6.94. The fourth-order valence-electron chi connectivity index (χ4n) is 3.29. The van der Waals surface area contributed by atoms with Gasteiger partial charge in [-0.1, -0.05) is 5.16 Å². The summed E-state index contributed by atoms with van der Waals surface area (Å²) in [5.41, 5.74) is 7.51. The maximum atomic E-state index is 12.7. The predicted molar refractivity (Wildman–Crippen MR) is 89.4 cm³/mol. The maximum absolute atomic E-state index is 12.7. The molecule has 24 heavy (non-hydrogen) atoms. The molecule has 1 aliphatic heterocycles. The Bertz CT molecular complexity index is 736. The minimum absolute atomic E-state index is 0.0603. The molecular weight excluding hydrogens is 304 g/mol. The van der Waals surface area contributed by atoms with Crippen LogP contribution in [0.1, 0.15) is 54.7 Å². The highest BCUT2D eigenvalue weighted by molar-refractivity contribution is 5.94. The Kier molecular flexibility index (Phi) is 3.84. The van der Waals surface area contributed by atoms with Crippen molar-refractivity contribution in [3.05, 3.63) is 35.7 Å². The van der Waals surface area contributed by atoms with E-state index in [1.165, 1.54) is 0 Å². The van der Waals surface area contributed by atoms with Gasteiger partial charge < -0.3 is 15.2 Å². The van der Waals surface area contributed by atoms with Crippen LogP contribution < -0.4 is 5.73 Å². The lowest BCUT2D eigenvalue weighted by molar-refractivity contribution is 0.0619. The Morgan fingerprint density at radius 2 is 2.00 bits per heavy atom. The summed E-state index contributed by atoms with van der Waals surface area (Å²) in [5, 5.41) is 4.03. The molecular formula is C18H22N4O2. The summed E-state index contributed by atoms with van der Waals surface area (Å²) in [4.78, 5) is 19.1. The molecule has 2 aliphatic rings. The normalized spacial score (nSPS) is 24.2. The van der Waals surface area contributed by atoms with Crippen molar-refractivity contribution in [1.82, 2.24) is 15.0 Å². The number of rotatable bonds is 3. The highest BCUT2D eigenvalue weighted by Gasteiger charge is 2.29. The summed E-state index contributed by atoms with van der Waals surface area (Å²) >= 11 is 0. The molecule has 2 fully saturated rings. The number of aromatic nitrogens is 2. The number of amides is 1. The fraction of sp³-hybridized carbons (Fsp3) is 0.500. The van der Waals surface area contributed by atoms with Gasteiger partial charge in [-0.2, -0.15) is 4.98 Å². The molecule has 1 saturated carbocycles. The van der Waals surface area contributed by atoms with Crippen LogP contribution in [0.4, 0.5) is 0 Å². The Labute approximate surface area is 141 Å². The van der Waals surface area contributed by atoms with Crippen molar-refractivity contribution in [2.24, 2.45) is 5.73 Å². The molecule has 126 valence electrons. The summed E-state index contributed by atoms with van der Waals surface area (Å²) in [7, 11) is 0. The lowest BCUT2D eigenvalue weighted by Crippen LogP contribution is -2.48. The van der Waals surface area contributed by atoms with Gasteiger partial charge in [-0.15, -0.1) is 0 Å². The van der Waals surface area contributed by atoms with Crippen molar-refractivity contribution in [2.45, 2.75) is 50.6 Å². The SMILES string of the molecule is C[C@H]1C[C@H](N)CCN1C(=O)c1ccc(-c2nc(C3CC3)no2)cc1. The third kappa shape index (κ3) is 2.94. The van der Waals surface area contributed by atoms with Gasteiger partial charge in [0.2, 0.25) is 0 Å². The van der Waals surface area contributed by atoms with Gasteiger partial charge in [-0.05, 0) is 56.9 Å². The minimum atomic E-state index is 0.0603. The molecule has 2 aromatic rings. The molecule has 0 spiro atoms. The highest BCUT2D eigenvalue weighted by Crippen LogP contribution is 2.38. The zero-order chi connectivity index (χ0) is 16.7. The average molecular weight is 326 g/mol. The van der Waals surface area contributed by atoms with Crippen LogP contribution in [0.25, 0.3) is 11.5 Å². The molecule has 1 aromatic carbocycles. The van der Waals surface area contributed by atoms with Gasteiger partial charge in [0.25, 0.3) is 11.8 Å². The Hall–Kier alpha value is -2.21. The first-order chi connectivity index (χ1) is 11.6. The first-order valence-corrected chi connectivity index (χ1v) is 8.62. The maximum Gasteiger partial charge on any atom is 0.257 e.